The molecule has 2 heterocycles. The van der Waals surface area contributed by atoms with Gasteiger partial charge in [0.1, 0.15) is 11.5 Å². The van der Waals surface area contributed by atoms with Crippen LogP contribution in [0.4, 0.5) is 5.69 Å². The van der Waals surface area contributed by atoms with Gasteiger partial charge in [0, 0.05) is 45.1 Å². The van der Waals surface area contributed by atoms with Crippen molar-refractivity contribution in [3.63, 3.8) is 0 Å². The number of amides is 4. The number of carbonyl (C=O) groups is 4. The van der Waals surface area contributed by atoms with Crippen LogP contribution in [0, 0.1) is 0 Å². The molecule has 2 aliphatic rings. The number of benzene rings is 6. The lowest BCUT2D eigenvalue weighted by molar-refractivity contribution is 0.0516. The quantitative estimate of drug-likeness (QED) is 0.0484. The van der Waals surface area contributed by atoms with Gasteiger partial charge in [0.25, 0.3) is 23.6 Å². The van der Waals surface area contributed by atoms with E-state index >= 15 is 0 Å². The largest absolute Gasteiger partial charge is 0.497 e. The third-order valence-electron chi connectivity index (χ3n) is 11.4. The molecule has 0 radical (unpaired) electrons. The van der Waals surface area contributed by atoms with Gasteiger partial charge in [0.2, 0.25) is 0 Å². The van der Waals surface area contributed by atoms with Gasteiger partial charge in [0.15, 0.2) is 0 Å². The van der Waals surface area contributed by atoms with Gasteiger partial charge in [-0.15, -0.1) is 0 Å². The molecule has 0 saturated heterocycles. The van der Waals surface area contributed by atoms with Crippen LogP contribution in [0.25, 0.3) is 43.1 Å². The number of unbranched alkanes of at least 4 members (excludes halogenated alkanes) is 6. The van der Waals surface area contributed by atoms with Crippen LogP contribution >= 0.6 is 0 Å². The van der Waals surface area contributed by atoms with Gasteiger partial charge >= 0.3 is 0 Å². The highest BCUT2D eigenvalue weighted by Gasteiger charge is 2.40. The molecule has 0 N–H and O–H groups in total. The number of imide groups is 2. The molecule has 0 saturated carbocycles. The van der Waals surface area contributed by atoms with Gasteiger partial charge in [-0.2, -0.15) is 0 Å². The molecule has 0 fully saturated rings. The predicted molar refractivity (Wildman–Crippen MR) is 210 cm³/mol. The number of hydrogen-bond acceptors (Lipinski definition) is 6. The smallest absolute Gasteiger partial charge is 0.266 e. The third kappa shape index (κ3) is 5.33. The average Bonchev–Trinajstić information content (AvgIpc) is 3.18. The second-order valence-corrected chi connectivity index (χ2v) is 14.5. The SMILES string of the molecule is CCCCCCC(CCCCCC)N1C(=O)c2ccc3c4ccc5c6c(ccc(c7ccc(c2c37)C1=O)c64)C(=O)N(c1ccc(OC)cc1OC)C5=O. The van der Waals surface area contributed by atoms with Gasteiger partial charge in [-0.05, 0) is 81.6 Å². The Kier molecular flexibility index (Phi) is 9.01. The maximum absolute atomic E-state index is 14.4. The molecule has 2 aliphatic heterocycles. The number of rotatable bonds is 14. The van der Waals surface area contributed by atoms with Crippen molar-refractivity contribution in [3.05, 3.63) is 89.0 Å². The lowest BCUT2D eigenvalue weighted by atomic mass is 9.82. The highest BCUT2D eigenvalue weighted by atomic mass is 16.5. The number of carbonyl (C=O) groups excluding carboxylic acids is 4. The van der Waals surface area contributed by atoms with E-state index in [0.717, 1.165) is 96.5 Å². The zero-order chi connectivity index (χ0) is 37.0. The number of fused-ring (bicyclic) bond motifs is 2. The molecule has 0 spiro atoms. The molecule has 0 atom stereocenters. The van der Waals surface area contributed by atoms with E-state index in [1.807, 2.05) is 36.4 Å². The first kappa shape index (κ1) is 34.6. The highest BCUT2D eigenvalue weighted by Crippen LogP contribution is 2.47. The van der Waals surface area contributed by atoms with E-state index in [-0.39, 0.29) is 17.9 Å². The molecule has 0 unspecified atom stereocenters. The second kappa shape index (κ2) is 13.8. The van der Waals surface area contributed by atoms with Crippen molar-refractivity contribution in [3.8, 4) is 11.5 Å². The molecular weight excluding hydrogens is 665 g/mol. The Morgan fingerprint density at radius 2 is 0.962 bits per heavy atom. The van der Waals surface area contributed by atoms with Crippen molar-refractivity contribution < 1.29 is 28.7 Å². The van der Waals surface area contributed by atoms with Crippen molar-refractivity contribution in [1.29, 1.82) is 0 Å². The van der Waals surface area contributed by atoms with Crippen molar-refractivity contribution in [2.75, 3.05) is 19.1 Å². The Labute approximate surface area is 309 Å². The van der Waals surface area contributed by atoms with Crippen molar-refractivity contribution in [2.24, 2.45) is 0 Å². The molecular formula is C45H44N2O6. The summed E-state index contributed by atoms with van der Waals surface area (Å²) in [5.74, 6) is -0.439. The summed E-state index contributed by atoms with van der Waals surface area (Å²) in [6.07, 6.45) is 10.4. The molecule has 8 heteroatoms. The Bertz CT molecular complexity index is 2330. The minimum absolute atomic E-state index is 0.136. The summed E-state index contributed by atoms with van der Waals surface area (Å²) in [6, 6.07) is 20.0. The van der Waals surface area contributed by atoms with Crippen LogP contribution in [0.15, 0.2) is 66.7 Å². The molecule has 0 aliphatic carbocycles. The lowest BCUT2D eigenvalue weighted by Gasteiger charge is -2.35. The summed E-state index contributed by atoms with van der Waals surface area (Å²) in [5.41, 5.74) is 2.26. The van der Waals surface area contributed by atoms with E-state index in [9.17, 15) is 19.2 Å². The van der Waals surface area contributed by atoms with Crippen molar-refractivity contribution in [2.45, 2.75) is 84.1 Å². The van der Waals surface area contributed by atoms with Crippen LogP contribution in [0.2, 0.25) is 0 Å². The van der Waals surface area contributed by atoms with Crippen molar-refractivity contribution >= 4 is 72.4 Å². The predicted octanol–water partition coefficient (Wildman–Crippen LogP) is 10.5. The van der Waals surface area contributed by atoms with Crippen LogP contribution in [-0.4, -0.2) is 48.8 Å². The number of anilines is 1. The standard InChI is InChI=1S/C45H44N2O6/c1-5-7-9-11-13-26(14-12-10-8-6-2)46-42(48)32-20-16-28-30-18-22-34-41-35(45(51)47(44(34)50)36-24-15-27(52-3)25-37(36)53-4)23-19-31(39(30)41)29-17-21-33(43(46)49)40(32)38(28)29/h15-26H,5-14H2,1-4H3. The number of methoxy groups -OCH3 is 2. The summed E-state index contributed by atoms with van der Waals surface area (Å²) in [7, 11) is 3.03. The van der Waals surface area contributed by atoms with Crippen LogP contribution in [-0.2, 0) is 0 Å². The highest BCUT2D eigenvalue weighted by molar-refractivity contribution is 6.43. The Morgan fingerprint density at radius 3 is 1.38 bits per heavy atom. The zero-order valence-electron chi connectivity index (χ0n) is 30.8. The maximum atomic E-state index is 14.4. The van der Waals surface area contributed by atoms with E-state index in [0.29, 0.717) is 50.2 Å². The first-order valence-electron chi connectivity index (χ1n) is 19.0. The first-order chi connectivity index (χ1) is 25.8. The first-order valence-corrected chi connectivity index (χ1v) is 19.0. The normalized spacial score (nSPS) is 14.3. The molecule has 6 aromatic rings. The van der Waals surface area contributed by atoms with Crippen molar-refractivity contribution in [1.82, 2.24) is 4.90 Å². The van der Waals surface area contributed by atoms with Gasteiger partial charge in [-0.1, -0.05) is 89.5 Å². The van der Waals surface area contributed by atoms with Gasteiger partial charge < -0.3 is 9.47 Å². The topological polar surface area (TPSA) is 93.2 Å². The zero-order valence-corrected chi connectivity index (χ0v) is 30.8. The Hall–Kier alpha value is -5.50. The van der Waals surface area contributed by atoms with E-state index in [1.54, 1.807) is 42.3 Å². The average molecular weight is 709 g/mol. The van der Waals surface area contributed by atoms with E-state index in [1.165, 1.54) is 12.0 Å². The lowest BCUT2D eigenvalue weighted by Crippen LogP contribution is -2.47. The monoisotopic (exact) mass is 708 g/mol. The number of hydrogen-bond donors (Lipinski definition) is 0. The Balaban J connectivity index is 1.26. The molecule has 0 bridgehead atoms. The Morgan fingerprint density at radius 1 is 0.509 bits per heavy atom. The molecule has 6 aromatic carbocycles. The molecule has 270 valence electrons. The van der Waals surface area contributed by atoms with Crippen LogP contribution < -0.4 is 14.4 Å². The van der Waals surface area contributed by atoms with E-state index in [2.05, 4.69) is 13.8 Å². The molecule has 8 nitrogen and oxygen atoms in total. The third-order valence-corrected chi connectivity index (χ3v) is 11.4. The summed E-state index contributed by atoms with van der Waals surface area (Å²) in [6.45, 7) is 4.38. The minimum atomic E-state index is -0.444. The van der Waals surface area contributed by atoms with Gasteiger partial charge in [0.05, 0.1) is 19.9 Å². The van der Waals surface area contributed by atoms with Gasteiger partial charge in [-0.25, -0.2) is 4.90 Å². The summed E-state index contributed by atoms with van der Waals surface area (Å²) >= 11 is 0. The molecule has 8 rings (SSSR count). The molecule has 4 amide bonds. The van der Waals surface area contributed by atoms with Crippen LogP contribution in [0.3, 0.4) is 0 Å². The van der Waals surface area contributed by atoms with E-state index < -0.39 is 11.8 Å². The summed E-state index contributed by atoms with van der Waals surface area (Å²) in [4.78, 5) is 60.1. The van der Waals surface area contributed by atoms with Gasteiger partial charge in [-0.3, -0.25) is 24.1 Å². The second-order valence-electron chi connectivity index (χ2n) is 14.5. The fourth-order valence-corrected chi connectivity index (χ4v) is 8.82. The summed E-state index contributed by atoms with van der Waals surface area (Å²) < 4.78 is 10.9. The van der Waals surface area contributed by atoms with Crippen LogP contribution in [0.5, 0.6) is 11.5 Å². The van der Waals surface area contributed by atoms with Crippen LogP contribution in [0.1, 0.15) is 119 Å². The molecule has 53 heavy (non-hydrogen) atoms. The number of nitrogens with zero attached hydrogens (tertiary/aromatic N) is 2. The van der Waals surface area contributed by atoms with E-state index in [4.69, 9.17) is 9.47 Å². The fourth-order valence-electron chi connectivity index (χ4n) is 8.82. The maximum Gasteiger partial charge on any atom is 0.266 e. The number of ether oxygens (including phenoxy) is 2. The minimum Gasteiger partial charge on any atom is -0.497 e. The fraction of sp³-hybridized carbons (Fsp3) is 0.333. The summed E-state index contributed by atoms with van der Waals surface area (Å²) in [5, 5.41) is 6.43. The molecule has 0 aromatic heterocycles.